The maximum atomic E-state index is 5.54. The first-order valence-electron chi connectivity index (χ1n) is 5.24. The first kappa shape index (κ1) is 12.9. The molecular formula is C10H24N2O. The normalized spacial score (nSPS) is 13.6. The van der Waals surface area contributed by atoms with Crippen molar-refractivity contribution in [2.75, 3.05) is 33.4 Å². The van der Waals surface area contributed by atoms with Crippen LogP contribution in [0.25, 0.3) is 0 Å². The van der Waals surface area contributed by atoms with Crippen LogP contribution in [0.4, 0.5) is 0 Å². The summed E-state index contributed by atoms with van der Waals surface area (Å²) in [5.74, 6) is 0. The van der Waals surface area contributed by atoms with E-state index < -0.39 is 0 Å². The van der Waals surface area contributed by atoms with E-state index in [1.807, 2.05) is 6.92 Å². The Morgan fingerprint density at radius 2 is 2.08 bits per heavy atom. The Morgan fingerprint density at radius 1 is 1.38 bits per heavy atom. The summed E-state index contributed by atoms with van der Waals surface area (Å²) in [4.78, 5) is 2.34. The lowest BCUT2D eigenvalue weighted by molar-refractivity contribution is 0.104. The second-order valence-electron chi connectivity index (χ2n) is 3.32. The molecule has 0 heterocycles. The highest BCUT2D eigenvalue weighted by atomic mass is 16.5. The van der Waals surface area contributed by atoms with Gasteiger partial charge in [0.15, 0.2) is 0 Å². The number of likely N-dealkylation sites (N-methyl/N-ethyl adjacent to an activating group) is 1. The first-order chi connectivity index (χ1) is 6.26. The highest BCUT2D eigenvalue weighted by Gasteiger charge is 2.10. The maximum absolute atomic E-state index is 5.54. The molecule has 0 aromatic heterocycles. The van der Waals surface area contributed by atoms with Crippen LogP contribution in [0.3, 0.4) is 0 Å². The Bertz CT molecular complexity index is 109. The fourth-order valence-electron chi connectivity index (χ4n) is 1.46. The SMILES string of the molecule is CCOCCN(C)C(CC)CCN. The minimum absolute atomic E-state index is 0.616. The van der Waals surface area contributed by atoms with Crippen LogP contribution in [0, 0.1) is 0 Å². The van der Waals surface area contributed by atoms with Gasteiger partial charge in [-0.25, -0.2) is 0 Å². The molecule has 1 unspecified atom stereocenters. The van der Waals surface area contributed by atoms with Crippen molar-refractivity contribution < 1.29 is 4.74 Å². The standard InChI is InChI=1S/C10H24N2O/c1-4-10(6-7-11)12(3)8-9-13-5-2/h10H,4-9,11H2,1-3H3. The van der Waals surface area contributed by atoms with Gasteiger partial charge in [-0.15, -0.1) is 0 Å². The van der Waals surface area contributed by atoms with Crippen molar-refractivity contribution in [3.05, 3.63) is 0 Å². The molecule has 0 radical (unpaired) electrons. The van der Waals surface area contributed by atoms with E-state index in [0.717, 1.165) is 32.7 Å². The summed E-state index contributed by atoms with van der Waals surface area (Å²) in [6, 6.07) is 0.616. The summed E-state index contributed by atoms with van der Waals surface area (Å²) in [7, 11) is 2.14. The van der Waals surface area contributed by atoms with Crippen molar-refractivity contribution in [2.45, 2.75) is 32.7 Å². The topological polar surface area (TPSA) is 38.5 Å². The Labute approximate surface area is 82.2 Å². The van der Waals surface area contributed by atoms with Crippen molar-refractivity contribution >= 4 is 0 Å². The lowest BCUT2D eigenvalue weighted by Crippen LogP contribution is -2.35. The van der Waals surface area contributed by atoms with Crippen molar-refractivity contribution in [1.82, 2.24) is 4.90 Å². The molecule has 0 saturated heterocycles. The van der Waals surface area contributed by atoms with E-state index in [1.165, 1.54) is 6.42 Å². The number of hydrogen-bond donors (Lipinski definition) is 1. The second kappa shape index (κ2) is 8.48. The van der Waals surface area contributed by atoms with E-state index in [4.69, 9.17) is 10.5 Å². The highest BCUT2D eigenvalue weighted by Crippen LogP contribution is 2.04. The average Bonchev–Trinajstić information content (AvgIpc) is 2.14. The lowest BCUT2D eigenvalue weighted by Gasteiger charge is -2.26. The minimum atomic E-state index is 0.616. The van der Waals surface area contributed by atoms with Crippen LogP contribution < -0.4 is 5.73 Å². The van der Waals surface area contributed by atoms with E-state index in [9.17, 15) is 0 Å². The molecule has 0 aromatic rings. The van der Waals surface area contributed by atoms with Gasteiger partial charge in [0.25, 0.3) is 0 Å². The zero-order valence-corrected chi connectivity index (χ0v) is 9.25. The summed E-state index contributed by atoms with van der Waals surface area (Å²) in [6.45, 7) is 7.65. The minimum Gasteiger partial charge on any atom is -0.380 e. The van der Waals surface area contributed by atoms with Gasteiger partial charge in [0.2, 0.25) is 0 Å². The molecule has 13 heavy (non-hydrogen) atoms. The van der Waals surface area contributed by atoms with Crippen LogP contribution in [0.2, 0.25) is 0 Å². The van der Waals surface area contributed by atoms with Gasteiger partial charge in [-0.05, 0) is 33.4 Å². The molecule has 0 aliphatic rings. The van der Waals surface area contributed by atoms with Gasteiger partial charge in [-0.2, -0.15) is 0 Å². The molecule has 0 fully saturated rings. The fourth-order valence-corrected chi connectivity index (χ4v) is 1.46. The van der Waals surface area contributed by atoms with Gasteiger partial charge in [-0.1, -0.05) is 6.92 Å². The van der Waals surface area contributed by atoms with Gasteiger partial charge in [0, 0.05) is 19.2 Å². The van der Waals surface area contributed by atoms with Gasteiger partial charge < -0.3 is 15.4 Å². The molecule has 3 nitrogen and oxygen atoms in total. The predicted octanol–water partition coefficient (Wildman–Crippen LogP) is 1.08. The van der Waals surface area contributed by atoms with Gasteiger partial charge in [0.05, 0.1) is 6.61 Å². The zero-order valence-electron chi connectivity index (χ0n) is 9.25. The number of nitrogens with zero attached hydrogens (tertiary/aromatic N) is 1. The fraction of sp³-hybridized carbons (Fsp3) is 1.00. The van der Waals surface area contributed by atoms with Gasteiger partial charge in [0.1, 0.15) is 0 Å². The third-order valence-electron chi connectivity index (χ3n) is 2.39. The Morgan fingerprint density at radius 3 is 2.54 bits per heavy atom. The number of nitrogens with two attached hydrogens (primary N) is 1. The van der Waals surface area contributed by atoms with Crippen LogP contribution in [0.15, 0.2) is 0 Å². The average molecular weight is 188 g/mol. The number of ether oxygens (including phenoxy) is 1. The van der Waals surface area contributed by atoms with Gasteiger partial charge in [-0.3, -0.25) is 0 Å². The highest BCUT2D eigenvalue weighted by molar-refractivity contribution is 4.67. The third kappa shape index (κ3) is 6.02. The lowest BCUT2D eigenvalue weighted by atomic mass is 10.1. The molecule has 80 valence electrons. The van der Waals surface area contributed by atoms with Crippen LogP contribution in [0.5, 0.6) is 0 Å². The molecule has 0 aliphatic heterocycles. The summed E-state index contributed by atoms with van der Waals surface area (Å²) in [6.07, 6.45) is 2.25. The zero-order chi connectivity index (χ0) is 10.1. The molecule has 3 heteroatoms. The molecular weight excluding hydrogens is 164 g/mol. The first-order valence-corrected chi connectivity index (χ1v) is 5.24. The van der Waals surface area contributed by atoms with E-state index in [2.05, 4.69) is 18.9 Å². The Kier molecular flexibility index (Phi) is 8.40. The van der Waals surface area contributed by atoms with Crippen LogP contribution >= 0.6 is 0 Å². The van der Waals surface area contributed by atoms with E-state index in [1.54, 1.807) is 0 Å². The van der Waals surface area contributed by atoms with Crippen molar-refractivity contribution in [1.29, 1.82) is 0 Å². The molecule has 0 aliphatic carbocycles. The number of hydrogen-bond acceptors (Lipinski definition) is 3. The largest absolute Gasteiger partial charge is 0.380 e. The van der Waals surface area contributed by atoms with Crippen molar-refractivity contribution in [3.63, 3.8) is 0 Å². The molecule has 1 atom stereocenters. The monoisotopic (exact) mass is 188 g/mol. The smallest absolute Gasteiger partial charge is 0.0593 e. The quantitative estimate of drug-likeness (QED) is 0.579. The van der Waals surface area contributed by atoms with Crippen molar-refractivity contribution in [3.8, 4) is 0 Å². The molecule has 2 N–H and O–H groups in total. The summed E-state index contributed by atoms with van der Waals surface area (Å²) >= 11 is 0. The van der Waals surface area contributed by atoms with Crippen LogP contribution in [-0.4, -0.2) is 44.3 Å². The Balaban J connectivity index is 3.57. The summed E-state index contributed by atoms with van der Waals surface area (Å²) < 4.78 is 5.30. The number of rotatable bonds is 8. The molecule has 0 amide bonds. The molecule has 0 spiro atoms. The van der Waals surface area contributed by atoms with Gasteiger partial charge >= 0.3 is 0 Å². The van der Waals surface area contributed by atoms with E-state index in [-0.39, 0.29) is 0 Å². The molecule has 0 saturated carbocycles. The van der Waals surface area contributed by atoms with Crippen molar-refractivity contribution in [2.24, 2.45) is 5.73 Å². The van der Waals surface area contributed by atoms with E-state index >= 15 is 0 Å². The van der Waals surface area contributed by atoms with E-state index in [0.29, 0.717) is 6.04 Å². The summed E-state index contributed by atoms with van der Waals surface area (Å²) in [5.41, 5.74) is 5.54. The summed E-state index contributed by atoms with van der Waals surface area (Å²) in [5, 5.41) is 0. The second-order valence-corrected chi connectivity index (χ2v) is 3.32. The Hall–Kier alpha value is -0.120. The molecule has 0 aromatic carbocycles. The van der Waals surface area contributed by atoms with Crippen LogP contribution in [-0.2, 0) is 4.74 Å². The maximum Gasteiger partial charge on any atom is 0.0593 e. The van der Waals surface area contributed by atoms with Crippen LogP contribution in [0.1, 0.15) is 26.7 Å². The third-order valence-corrected chi connectivity index (χ3v) is 2.39. The predicted molar refractivity (Wildman–Crippen MR) is 56.9 cm³/mol. The molecule has 0 rings (SSSR count). The molecule has 0 bridgehead atoms.